The van der Waals surface area contributed by atoms with E-state index >= 15 is 0 Å². The summed E-state index contributed by atoms with van der Waals surface area (Å²) in [5.41, 5.74) is 1.77. The second-order valence-corrected chi connectivity index (χ2v) is 8.47. The fourth-order valence-electron chi connectivity index (χ4n) is 4.27. The molecule has 2 aromatic carbocycles. The molecule has 1 amide bonds. The molecule has 0 radical (unpaired) electrons. The standard InChI is InChI=1S/C24H26N4O5/c1-4-33-23(30)20-21(16-8-7-9-17(14-16)28(31)32)27-19-11-6-5-10-18(19)25-24(27)26(22(20)29)13-12-15(2)3/h5-11,14-15,20-21H,4,12-13H2,1-3H3. The number of ether oxygens (including phenoxy) is 1. The molecule has 172 valence electrons. The average molecular weight is 450 g/mol. The summed E-state index contributed by atoms with van der Waals surface area (Å²) in [4.78, 5) is 44.1. The molecule has 2 atom stereocenters. The summed E-state index contributed by atoms with van der Waals surface area (Å²) in [7, 11) is 0. The molecule has 0 aliphatic carbocycles. The zero-order valence-electron chi connectivity index (χ0n) is 18.8. The van der Waals surface area contributed by atoms with E-state index in [1.165, 1.54) is 12.1 Å². The summed E-state index contributed by atoms with van der Waals surface area (Å²) in [5.74, 6) is -1.49. The van der Waals surface area contributed by atoms with Crippen LogP contribution in [0.5, 0.6) is 0 Å². The smallest absolute Gasteiger partial charge is 0.321 e. The van der Waals surface area contributed by atoms with Crippen LogP contribution in [0.1, 0.15) is 38.8 Å². The number of aromatic nitrogens is 2. The molecule has 3 aromatic rings. The number of amides is 1. The van der Waals surface area contributed by atoms with Crippen LogP contribution in [0.4, 0.5) is 11.6 Å². The Morgan fingerprint density at radius 1 is 1.21 bits per heavy atom. The second-order valence-electron chi connectivity index (χ2n) is 8.47. The van der Waals surface area contributed by atoms with Gasteiger partial charge in [0.25, 0.3) is 5.69 Å². The molecule has 1 aliphatic rings. The summed E-state index contributed by atoms with van der Waals surface area (Å²) in [5, 5.41) is 11.4. The van der Waals surface area contributed by atoms with E-state index in [1.807, 2.05) is 28.8 Å². The van der Waals surface area contributed by atoms with Crippen molar-refractivity contribution in [3.8, 4) is 0 Å². The minimum atomic E-state index is -1.19. The van der Waals surface area contributed by atoms with Crippen molar-refractivity contribution in [2.24, 2.45) is 11.8 Å². The molecule has 4 rings (SSSR count). The third-order valence-electron chi connectivity index (χ3n) is 5.84. The minimum Gasteiger partial charge on any atom is -0.465 e. The van der Waals surface area contributed by atoms with Crippen LogP contribution in [0.3, 0.4) is 0 Å². The molecule has 33 heavy (non-hydrogen) atoms. The molecular formula is C24H26N4O5. The normalized spacial score (nSPS) is 17.9. The lowest BCUT2D eigenvalue weighted by molar-refractivity contribution is -0.384. The number of benzene rings is 2. The lowest BCUT2D eigenvalue weighted by atomic mass is 9.89. The molecular weight excluding hydrogens is 424 g/mol. The van der Waals surface area contributed by atoms with Gasteiger partial charge in [0.1, 0.15) is 0 Å². The monoisotopic (exact) mass is 450 g/mol. The number of nitrogens with zero attached hydrogens (tertiary/aromatic N) is 4. The molecule has 9 nitrogen and oxygen atoms in total. The van der Waals surface area contributed by atoms with Gasteiger partial charge in [0.15, 0.2) is 5.92 Å². The fourth-order valence-corrected chi connectivity index (χ4v) is 4.27. The summed E-state index contributed by atoms with van der Waals surface area (Å²) in [6.45, 7) is 6.32. The topological polar surface area (TPSA) is 108 Å². The van der Waals surface area contributed by atoms with Crippen LogP contribution in [0, 0.1) is 22.0 Å². The van der Waals surface area contributed by atoms with Crippen molar-refractivity contribution in [3.05, 3.63) is 64.2 Å². The maximum absolute atomic E-state index is 13.7. The van der Waals surface area contributed by atoms with Crippen LogP contribution in [-0.2, 0) is 14.3 Å². The number of nitro benzene ring substituents is 1. The average Bonchev–Trinajstić information content (AvgIpc) is 3.16. The molecule has 1 aliphatic heterocycles. The van der Waals surface area contributed by atoms with E-state index in [2.05, 4.69) is 13.8 Å². The van der Waals surface area contributed by atoms with Crippen molar-refractivity contribution in [2.75, 3.05) is 18.1 Å². The number of esters is 1. The van der Waals surface area contributed by atoms with Gasteiger partial charge in [0.2, 0.25) is 11.9 Å². The van der Waals surface area contributed by atoms with Crippen LogP contribution in [0.2, 0.25) is 0 Å². The second kappa shape index (κ2) is 9.01. The SMILES string of the molecule is CCOC(=O)C1C(=O)N(CCC(C)C)c2nc3ccccc3n2C1c1cccc([N+](=O)[O-])c1. The number of imidazole rings is 1. The molecule has 9 heteroatoms. The zero-order valence-corrected chi connectivity index (χ0v) is 18.8. The highest BCUT2D eigenvalue weighted by molar-refractivity contribution is 6.08. The predicted octanol–water partition coefficient (Wildman–Crippen LogP) is 4.11. The minimum absolute atomic E-state index is 0.115. The van der Waals surface area contributed by atoms with Gasteiger partial charge in [-0.3, -0.25) is 24.6 Å². The van der Waals surface area contributed by atoms with Crippen LogP contribution < -0.4 is 4.90 Å². The number of anilines is 1. The number of non-ortho nitro benzene ring substituents is 1. The van der Waals surface area contributed by atoms with Crippen molar-refractivity contribution in [2.45, 2.75) is 33.2 Å². The quantitative estimate of drug-likeness (QED) is 0.232. The number of hydrogen-bond donors (Lipinski definition) is 0. The number of hydrogen-bond acceptors (Lipinski definition) is 6. The Morgan fingerprint density at radius 3 is 2.67 bits per heavy atom. The Morgan fingerprint density at radius 2 is 1.97 bits per heavy atom. The Bertz CT molecular complexity index is 1220. The van der Waals surface area contributed by atoms with Crippen molar-refractivity contribution >= 4 is 34.5 Å². The Hall–Kier alpha value is -3.75. The van der Waals surface area contributed by atoms with Gasteiger partial charge in [0, 0.05) is 18.7 Å². The van der Waals surface area contributed by atoms with Crippen molar-refractivity contribution < 1.29 is 19.2 Å². The first-order valence-electron chi connectivity index (χ1n) is 11.0. The highest BCUT2D eigenvalue weighted by atomic mass is 16.6. The molecule has 1 aromatic heterocycles. The van der Waals surface area contributed by atoms with E-state index in [4.69, 9.17) is 9.72 Å². The van der Waals surface area contributed by atoms with E-state index in [0.29, 0.717) is 29.5 Å². The lowest BCUT2D eigenvalue weighted by Gasteiger charge is -2.38. The molecule has 2 heterocycles. The fraction of sp³-hybridized carbons (Fsp3) is 0.375. The first kappa shape index (κ1) is 22.4. The molecule has 2 unspecified atom stereocenters. The van der Waals surface area contributed by atoms with Crippen LogP contribution in [-0.4, -0.2) is 39.5 Å². The number of rotatable bonds is 7. The van der Waals surface area contributed by atoms with Crippen molar-refractivity contribution in [1.82, 2.24) is 9.55 Å². The van der Waals surface area contributed by atoms with Gasteiger partial charge in [-0.1, -0.05) is 38.1 Å². The third-order valence-corrected chi connectivity index (χ3v) is 5.84. The molecule has 0 spiro atoms. The summed E-state index contributed by atoms with van der Waals surface area (Å²) in [6, 6.07) is 12.6. The molecule has 0 bridgehead atoms. The molecule has 0 saturated carbocycles. The van der Waals surface area contributed by atoms with E-state index in [1.54, 1.807) is 24.0 Å². The first-order chi connectivity index (χ1) is 15.8. The maximum atomic E-state index is 13.7. The van der Waals surface area contributed by atoms with Crippen LogP contribution in [0.25, 0.3) is 11.0 Å². The van der Waals surface area contributed by atoms with Gasteiger partial charge < -0.3 is 9.30 Å². The first-order valence-corrected chi connectivity index (χ1v) is 11.0. The third kappa shape index (κ3) is 4.06. The molecule has 0 fully saturated rings. The van der Waals surface area contributed by atoms with Gasteiger partial charge in [-0.15, -0.1) is 0 Å². The predicted molar refractivity (Wildman–Crippen MR) is 123 cm³/mol. The van der Waals surface area contributed by atoms with E-state index in [-0.39, 0.29) is 12.3 Å². The Balaban J connectivity index is 1.98. The summed E-state index contributed by atoms with van der Waals surface area (Å²) in [6.07, 6.45) is 0.728. The van der Waals surface area contributed by atoms with Gasteiger partial charge in [-0.25, -0.2) is 4.98 Å². The van der Waals surface area contributed by atoms with Gasteiger partial charge in [-0.05, 0) is 37.0 Å². The Kier molecular flexibility index (Phi) is 6.13. The number of carbonyl (C=O) groups excluding carboxylic acids is 2. The van der Waals surface area contributed by atoms with Crippen molar-refractivity contribution in [3.63, 3.8) is 0 Å². The largest absolute Gasteiger partial charge is 0.465 e. The highest BCUT2D eigenvalue weighted by Gasteiger charge is 2.48. The van der Waals surface area contributed by atoms with Gasteiger partial charge >= 0.3 is 5.97 Å². The molecule has 0 N–H and O–H groups in total. The number of para-hydroxylation sites is 2. The molecule has 0 saturated heterocycles. The number of nitro groups is 1. The van der Waals surface area contributed by atoms with Crippen molar-refractivity contribution in [1.29, 1.82) is 0 Å². The van der Waals surface area contributed by atoms with Gasteiger partial charge in [-0.2, -0.15) is 0 Å². The Labute approximate surface area is 191 Å². The van der Waals surface area contributed by atoms with E-state index in [0.717, 1.165) is 11.9 Å². The van der Waals surface area contributed by atoms with Crippen LogP contribution in [0.15, 0.2) is 48.5 Å². The highest BCUT2D eigenvalue weighted by Crippen LogP contribution is 2.42. The summed E-state index contributed by atoms with van der Waals surface area (Å²) >= 11 is 0. The lowest BCUT2D eigenvalue weighted by Crippen LogP contribution is -2.50. The van der Waals surface area contributed by atoms with E-state index < -0.39 is 28.8 Å². The number of fused-ring (bicyclic) bond motifs is 3. The maximum Gasteiger partial charge on any atom is 0.321 e. The van der Waals surface area contributed by atoms with Gasteiger partial charge in [0.05, 0.1) is 28.6 Å². The summed E-state index contributed by atoms with van der Waals surface area (Å²) < 4.78 is 7.15. The van der Waals surface area contributed by atoms with E-state index in [9.17, 15) is 19.7 Å². The zero-order chi connectivity index (χ0) is 23.7. The number of carbonyl (C=O) groups is 2. The van der Waals surface area contributed by atoms with Crippen LogP contribution >= 0.6 is 0 Å².